The van der Waals surface area contributed by atoms with Crippen molar-refractivity contribution in [3.05, 3.63) is 27.8 Å². The zero-order valence-electron chi connectivity index (χ0n) is 10.9. The van der Waals surface area contributed by atoms with Gasteiger partial charge in [-0.05, 0) is 30.9 Å². The molecule has 1 aromatic rings. The van der Waals surface area contributed by atoms with Crippen LogP contribution in [0, 0.1) is 10.1 Å². The maximum atomic E-state index is 11.4. The van der Waals surface area contributed by atoms with Crippen LogP contribution in [0.2, 0.25) is 0 Å². The average molecular weight is 276 g/mol. The number of benzene rings is 1. The van der Waals surface area contributed by atoms with Crippen LogP contribution in [-0.2, 0) is 11.2 Å². The molecule has 20 heavy (non-hydrogen) atoms. The molecule has 1 aromatic carbocycles. The van der Waals surface area contributed by atoms with Crippen molar-refractivity contribution in [3.8, 4) is 0 Å². The summed E-state index contributed by atoms with van der Waals surface area (Å²) in [6.07, 6.45) is 2.67. The molecule has 0 aromatic heterocycles. The molecule has 1 heterocycles. The Bertz CT molecular complexity index is 581. The smallest absolute Gasteiger partial charge is 0.294 e. The van der Waals surface area contributed by atoms with Gasteiger partial charge in [0.05, 0.1) is 10.6 Å². The molecule has 0 spiro atoms. The molecule has 2 aliphatic rings. The number of fused-ring (bicyclic) bond motifs is 1. The van der Waals surface area contributed by atoms with E-state index in [1.807, 2.05) is 0 Å². The molecule has 1 aliphatic carbocycles. The predicted molar refractivity (Wildman–Crippen MR) is 74.7 cm³/mol. The Morgan fingerprint density at radius 3 is 2.75 bits per heavy atom. The van der Waals surface area contributed by atoms with E-state index in [-0.39, 0.29) is 23.7 Å². The predicted octanol–water partition coefficient (Wildman–Crippen LogP) is 1.38. The Kier molecular flexibility index (Phi) is 3.06. The lowest BCUT2D eigenvalue weighted by atomic mass is 9.87. The molecule has 0 bridgehead atoms. The standard InChI is InChI=1S/C13H16N4O3/c14-8-4-9(5-8)15-11-3-7-1-2-13(18)16-10(7)6-12(11)17(19)20/h3,6,8-9,15H,1-2,4-5,14H2,(H,16,18). The van der Waals surface area contributed by atoms with Crippen LogP contribution in [0.5, 0.6) is 0 Å². The lowest BCUT2D eigenvalue weighted by Crippen LogP contribution is -2.44. The topological polar surface area (TPSA) is 110 Å². The van der Waals surface area contributed by atoms with Gasteiger partial charge in [0.1, 0.15) is 5.69 Å². The molecule has 0 radical (unpaired) electrons. The normalized spacial score (nSPS) is 24.4. The van der Waals surface area contributed by atoms with Crippen LogP contribution in [-0.4, -0.2) is 22.9 Å². The molecular formula is C13H16N4O3. The summed E-state index contributed by atoms with van der Waals surface area (Å²) in [7, 11) is 0. The second-order valence-corrected chi connectivity index (χ2v) is 5.40. The first-order chi connectivity index (χ1) is 9.52. The highest BCUT2D eigenvalue weighted by Gasteiger charge is 2.29. The Hall–Kier alpha value is -2.15. The van der Waals surface area contributed by atoms with Crippen molar-refractivity contribution in [2.45, 2.75) is 37.8 Å². The van der Waals surface area contributed by atoms with Crippen LogP contribution in [0.4, 0.5) is 17.1 Å². The number of nitrogens with one attached hydrogen (secondary N) is 2. The molecule has 3 rings (SSSR count). The summed E-state index contributed by atoms with van der Waals surface area (Å²) in [5, 5.41) is 17.0. The number of nitrogens with two attached hydrogens (primary N) is 1. The summed E-state index contributed by atoms with van der Waals surface area (Å²) < 4.78 is 0. The van der Waals surface area contributed by atoms with E-state index in [2.05, 4.69) is 10.6 Å². The Morgan fingerprint density at radius 1 is 1.35 bits per heavy atom. The first-order valence-corrected chi connectivity index (χ1v) is 6.66. The summed E-state index contributed by atoms with van der Waals surface area (Å²) in [6, 6.07) is 3.59. The fourth-order valence-corrected chi connectivity index (χ4v) is 2.68. The lowest BCUT2D eigenvalue weighted by Gasteiger charge is -2.34. The van der Waals surface area contributed by atoms with Crippen LogP contribution in [0.3, 0.4) is 0 Å². The highest BCUT2D eigenvalue weighted by molar-refractivity contribution is 5.95. The van der Waals surface area contributed by atoms with Crippen molar-refractivity contribution >= 4 is 23.0 Å². The van der Waals surface area contributed by atoms with Crippen LogP contribution in [0.1, 0.15) is 24.8 Å². The summed E-state index contributed by atoms with van der Waals surface area (Å²) >= 11 is 0. The molecular weight excluding hydrogens is 260 g/mol. The maximum absolute atomic E-state index is 11.4. The van der Waals surface area contributed by atoms with Crippen LogP contribution in [0.25, 0.3) is 0 Å². The van der Waals surface area contributed by atoms with Crippen molar-refractivity contribution in [2.24, 2.45) is 5.73 Å². The van der Waals surface area contributed by atoms with Crippen molar-refractivity contribution < 1.29 is 9.72 Å². The lowest BCUT2D eigenvalue weighted by molar-refractivity contribution is -0.383. The van der Waals surface area contributed by atoms with Crippen LogP contribution in [0.15, 0.2) is 12.1 Å². The second kappa shape index (κ2) is 4.75. The fraction of sp³-hybridized carbons (Fsp3) is 0.462. The second-order valence-electron chi connectivity index (χ2n) is 5.40. The van der Waals surface area contributed by atoms with E-state index in [0.717, 1.165) is 18.4 Å². The van der Waals surface area contributed by atoms with E-state index in [0.29, 0.717) is 24.2 Å². The van der Waals surface area contributed by atoms with Crippen molar-refractivity contribution in [1.29, 1.82) is 0 Å². The zero-order valence-corrected chi connectivity index (χ0v) is 10.9. The molecule has 7 nitrogen and oxygen atoms in total. The minimum absolute atomic E-state index is 0.00794. The molecule has 1 fully saturated rings. The number of rotatable bonds is 3. The van der Waals surface area contributed by atoms with Gasteiger partial charge in [-0.15, -0.1) is 0 Å². The molecule has 0 saturated heterocycles. The Morgan fingerprint density at radius 2 is 2.10 bits per heavy atom. The largest absolute Gasteiger partial charge is 0.377 e. The van der Waals surface area contributed by atoms with Gasteiger partial charge in [-0.1, -0.05) is 0 Å². The van der Waals surface area contributed by atoms with E-state index in [9.17, 15) is 14.9 Å². The van der Waals surface area contributed by atoms with Gasteiger partial charge in [-0.2, -0.15) is 0 Å². The highest BCUT2D eigenvalue weighted by Crippen LogP contribution is 2.36. The van der Waals surface area contributed by atoms with Crippen molar-refractivity contribution in [3.63, 3.8) is 0 Å². The minimum Gasteiger partial charge on any atom is -0.377 e. The van der Waals surface area contributed by atoms with Gasteiger partial charge >= 0.3 is 0 Å². The third-order valence-electron chi connectivity index (χ3n) is 3.85. The van der Waals surface area contributed by atoms with Crippen LogP contribution >= 0.6 is 0 Å². The average Bonchev–Trinajstić information content (AvgIpc) is 2.36. The molecule has 4 N–H and O–H groups in total. The summed E-state index contributed by atoms with van der Waals surface area (Å²) in [5.41, 5.74) is 7.71. The molecule has 1 aliphatic heterocycles. The number of anilines is 2. The number of nitro groups is 1. The van der Waals surface area contributed by atoms with Gasteiger partial charge in [0, 0.05) is 24.6 Å². The summed E-state index contributed by atoms with van der Waals surface area (Å²) in [5.74, 6) is -0.0996. The first-order valence-electron chi connectivity index (χ1n) is 6.66. The van der Waals surface area contributed by atoms with E-state index in [1.165, 1.54) is 6.07 Å². The highest BCUT2D eigenvalue weighted by atomic mass is 16.6. The van der Waals surface area contributed by atoms with Crippen molar-refractivity contribution in [2.75, 3.05) is 10.6 Å². The van der Waals surface area contributed by atoms with Gasteiger partial charge in [0.15, 0.2) is 0 Å². The molecule has 0 atom stereocenters. The molecule has 0 unspecified atom stereocenters. The molecule has 1 saturated carbocycles. The maximum Gasteiger partial charge on any atom is 0.294 e. The minimum atomic E-state index is -0.429. The SMILES string of the molecule is NC1CC(Nc2cc3c(cc2[N+](=O)[O-])NC(=O)CC3)C1. The Labute approximate surface area is 115 Å². The van der Waals surface area contributed by atoms with E-state index in [4.69, 9.17) is 5.73 Å². The fourth-order valence-electron chi connectivity index (χ4n) is 2.68. The van der Waals surface area contributed by atoms with Crippen molar-refractivity contribution in [1.82, 2.24) is 0 Å². The summed E-state index contributed by atoms with van der Waals surface area (Å²) in [6.45, 7) is 0. The monoisotopic (exact) mass is 276 g/mol. The number of aryl methyl sites for hydroxylation is 1. The van der Waals surface area contributed by atoms with Gasteiger partial charge in [0.25, 0.3) is 5.69 Å². The number of hydrogen-bond donors (Lipinski definition) is 3. The van der Waals surface area contributed by atoms with Gasteiger partial charge in [-0.25, -0.2) is 0 Å². The number of nitrogens with zero attached hydrogens (tertiary/aromatic N) is 1. The Balaban J connectivity index is 1.91. The number of nitro benzene ring substituents is 1. The molecule has 7 heteroatoms. The van der Waals surface area contributed by atoms with E-state index in [1.54, 1.807) is 6.07 Å². The van der Waals surface area contributed by atoms with Gasteiger partial charge in [-0.3, -0.25) is 14.9 Å². The summed E-state index contributed by atoms with van der Waals surface area (Å²) in [4.78, 5) is 22.1. The van der Waals surface area contributed by atoms with Gasteiger partial charge in [0.2, 0.25) is 5.91 Å². The number of amides is 1. The zero-order chi connectivity index (χ0) is 14.3. The van der Waals surface area contributed by atoms with E-state index < -0.39 is 4.92 Å². The number of carbonyl (C=O) groups is 1. The number of hydrogen-bond acceptors (Lipinski definition) is 5. The number of carbonyl (C=O) groups excluding carboxylic acids is 1. The quantitative estimate of drug-likeness (QED) is 0.570. The van der Waals surface area contributed by atoms with Gasteiger partial charge < -0.3 is 16.4 Å². The van der Waals surface area contributed by atoms with Crippen LogP contribution < -0.4 is 16.4 Å². The molecule has 1 amide bonds. The third kappa shape index (κ3) is 2.32. The third-order valence-corrected chi connectivity index (χ3v) is 3.85. The first kappa shape index (κ1) is 12.9. The van der Waals surface area contributed by atoms with E-state index >= 15 is 0 Å². The molecule has 106 valence electrons.